The molecule has 7 heteroatoms. The van der Waals surface area contributed by atoms with Gasteiger partial charge in [-0.2, -0.15) is 0 Å². The maximum atomic E-state index is 13.6. The maximum absolute atomic E-state index is 13.6. The first kappa shape index (κ1) is 15.6. The Labute approximate surface area is 125 Å². The fourth-order valence-corrected chi connectivity index (χ4v) is 1.84. The minimum absolute atomic E-state index is 0.236. The minimum Gasteiger partial charge on any atom is -0.380 e. The number of anilines is 1. The second-order valence-electron chi connectivity index (χ2n) is 4.51. The van der Waals surface area contributed by atoms with Gasteiger partial charge in [-0.3, -0.25) is 14.9 Å². The third-order valence-corrected chi connectivity index (χ3v) is 2.94. The van der Waals surface area contributed by atoms with Crippen molar-refractivity contribution >= 4 is 17.3 Å². The monoisotopic (exact) mass is 304 g/mol. The number of non-ortho nitro benzene ring substituents is 1. The van der Waals surface area contributed by atoms with E-state index in [1.807, 2.05) is 0 Å². The van der Waals surface area contributed by atoms with E-state index in [9.17, 15) is 19.3 Å². The molecule has 0 aromatic heterocycles. The quantitative estimate of drug-likeness (QED) is 0.679. The Hall–Kier alpha value is -2.80. The fourth-order valence-electron chi connectivity index (χ4n) is 1.84. The maximum Gasteiger partial charge on any atom is 0.271 e. The van der Waals surface area contributed by atoms with Gasteiger partial charge >= 0.3 is 0 Å². The van der Waals surface area contributed by atoms with Gasteiger partial charge in [0.25, 0.3) is 11.6 Å². The number of amides is 1. The summed E-state index contributed by atoms with van der Waals surface area (Å²) in [6.45, 7) is 0.418. The van der Waals surface area contributed by atoms with Crippen molar-refractivity contribution in [2.75, 3.05) is 12.4 Å². The summed E-state index contributed by atoms with van der Waals surface area (Å²) in [5.41, 5.74) is 0.665. The fraction of sp³-hybridized carbons (Fsp3) is 0.133. The number of nitrogens with zero attached hydrogens (tertiary/aromatic N) is 1. The van der Waals surface area contributed by atoms with E-state index in [1.54, 1.807) is 31.4 Å². The molecule has 22 heavy (non-hydrogen) atoms. The number of benzene rings is 2. The van der Waals surface area contributed by atoms with Gasteiger partial charge in [-0.25, -0.2) is 4.39 Å². The van der Waals surface area contributed by atoms with Gasteiger partial charge in [-0.15, -0.1) is 0 Å². The van der Waals surface area contributed by atoms with Gasteiger partial charge in [-0.05, 0) is 23.8 Å². The van der Waals surface area contributed by atoms with E-state index in [0.29, 0.717) is 12.2 Å². The molecule has 114 valence electrons. The highest BCUT2D eigenvalue weighted by Crippen LogP contribution is 2.22. The molecular formula is C15H13FN2O4. The van der Waals surface area contributed by atoms with Crippen LogP contribution in [-0.4, -0.2) is 17.9 Å². The summed E-state index contributed by atoms with van der Waals surface area (Å²) in [5.74, 6) is -1.29. The average Bonchev–Trinajstić information content (AvgIpc) is 2.50. The second-order valence-corrected chi connectivity index (χ2v) is 4.51. The van der Waals surface area contributed by atoms with E-state index in [-0.39, 0.29) is 11.4 Å². The lowest BCUT2D eigenvalue weighted by molar-refractivity contribution is -0.384. The molecule has 2 aromatic rings. The van der Waals surface area contributed by atoms with Crippen LogP contribution in [-0.2, 0) is 11.3 Å². The van der Waals surface area contributed by atoms with Crippen LogP contribution in [0.3, 0.4) is 0 Å². The Bertz CT molecular complexity index is 701. The van der Waals surface area contributed by atoms with E-state index < -0.39 is 16.6 Å². The molecule has 0 radical (unpaired) electrons. The highest BCUT2D eigenvalue weighted by molar-refractivity contribution is 6.04. The molecule has 0 aliphatic heterocycles. The SMILES string of the molecule is COCc1ccc(C(=O)Nc2cc([N+](=O)[O-])ccc2F)cc1. The van der Waals surface area contributed by atoms with Gasteiger partial charge in [0, 0.05) is 24.8 Å². The van der Waals surface area contributed by atoms with Gasteiger partial charge in [0.15, 0.2) is 0 Å². The number of nitro benzene ring substituents is 1. The van der Waals surface area contributed by atoms with Crippen molar-refractivity contribution in [2.45, 2.75) is 6.61 Å². The average molecular weight is 304 g/mol. The highest BCUT2D eigenvalue weighted by atomic mass is 19.1. The van der Waals surface area contributed by atoms with E-state index >= 15 is 0 Å². The number of carbonyl (C=O) groups excluding carboxylic acids is 1. The van der Waals surface area contributed by atoms with Crippen molar-refractivity contribution < 1.29 is 18.8 Å². The van der Waals surface area contributed by atoms with E-state index in [1.165, 1.54) is 0 Å². The lowest BCUT2D eigenvalue weighted by Gasteiger charge is -2.07. The van der Waals surface area contributed by atoms with Crippen LogP contribution in [0.2, 0.25) is 0 Å². The molecule has 0 spiro atoms. The Morgan fingerprint density at radius 2 is 1.95 bits per heavy atom. The largest absolute Gasteiger partial charge is 0.380 e. The van der Waals surface area contributed by atoms with Crippen LogP contribution in [0.1, 0.15) is 15.9 Å². The molecule has 0 unspecified atom stereocenters. The summed E-state index contributed by atoms with van der Waals surface area (Å²) in [4.78, 5) is 22.1. The zero-order valence-corrected chi connectivity index (χ0v) is 11.7. The number of halogens is 1. The summed E-state index contributed by atoms with van der Waals surface area (Å²) in [6.07, 6.45) is 0. The second kappa shape index (κ2) is 6.77. The Morgan fingerprint density at radius 3 is 2.55 bits per heavy atom. The number of nitrogens with one attached hydrogen (secondary N) is 1. The van der Waals surface area contributed by atoms with E-state index in [4.69, 9.17) is 4.74 Å². The third kappa shape index (κ3) is 3.64. The van der Waals surface area contributed by atoms with Gasteiger partial charge in [0.2, 0.25) is 0 Å². The standard InChI is InChI=1S/C15H13FN2O4/c1-22-9-10-2-4-11(5-3-10)15(19)17-14-8-12(18(20)21)6-7-13(14)16/h2-8H,9H2,1H3,(H,17,19). The topological polar surface area (TPSA) is 81.5 Å². The predicted molar refractivity (Wildman–Crippen MR) is 78.2 cm³/mol. The molecule has 1 N–H and O–H groups in total. The summed E-state index contributed by atoms with van der Waals surface area (Å²) in [5, 5.41) is 13.0. The van der Waals surface area contributed by atoms with Crippen LogP contribution in [0.15, 0.2) is 42.5 Å². The molecule has 0 saturated heterocycles. The molecule has 0 bridgehead atoms. The van der Waals surface area contributed by atoms with Crippen LogP contribution < -0.4 is 5.32 Å². The molecule has 0 saturated carbocycles. The predicted octanol–water partition coefficient (Wildman–Crippen LogP) is 3.13. The zero-order chi connectivity index (χ0) is 16.1. The number of hydrogen-bond acceptors (Lipinski definition) is 4. The van der Waals surface area contributed by atoms with E-state index in [2.05, 4.69) is 5.32 Å². The van der Waals surface area contributed by atoms with Crippen molar-refractivity contribution in [1.82, 2.24) is 0 Å². The smallest absolute Gasteiger partial charge is 0.271 e. The highest BCUT2D eigenvalue weighted by Gasteiger charge is 2.14. The molecule has 6 nitrogen and oxygen atoms in total. The lowest BCUT2D eigenvalue weighted by atomic mass is 10.1. The Kier molecular flexibility index (Phi) is 4.80. The lowest BCUT2D eigenvalue weighted by Crippen LogP contribution is -2.13. The Balaban J connectivity index is 2.17. The van der Waals surface area contributed by atoms with Gasteiger partial charge in [-0.1, -0.05) is 12.1 Å². The van der Waals surface area contributed by atoms with Crippen LogP contribution in [0.5, 0.6) is 0 Å². The molecular weight excluding hydrogens is 291 g/mol. The first-order valence-electron chi connectivity index (χ1n) is 6.34. The van der Waals surface area contributed by atoms with Crippen LogP contribution in [0, 0.1) is 15.9 Å². The number of rotatable bonds is 5. The van der Waals surface area contributed by atoms with Crippen molar-refractivity contribution in [1.29, 1.82) is 0 Å². The number of carbonyl (C=O) groups is 1. The molecule has 0 heterocycles. The number of nitro groups is 1. The van der Waals surface area contributed by atoms with Gasteiger partial charge in [0.1, 0.15) is 5.82 Å². The number of ether oxygens (including phenoxy) is 1. The Morgan fingerprint density at radius 1 is 1.27 bits per heavy atom. The summed E-state index contributed by atoms with van der Waals surface area (Å²) in [6, 6.07) is 9.51. The molecule has 0 aliphatic rings. The number of hydrogen-bond donors (Lipinski definition) is 1. The molecule has 1 amide bonds. The normalized spacial score (nSPS) is 10.3. The zero-order valence-electron chi connectivity index (χ0n) is 11.7. The van der Waals surface area contributed by atoms with Crippen molar-refractivity contribution in [2.24, 2.45) is 0 Å². The first-order chi connectivity index (χ1) is 10.5. The molecule has 0 aliphatic carbocycles. The van der Waals surface area contributed by atoms with Crippen LogP contribution >= 0.6 is 0 Å². The van der Waals surface area contributed by atoms with Crippen molar-refractivity contribution in [3.05, 3.63) is 69.5 Å². The van der Waals surface area contributed by atoms with Crippen molar-refractivity contribution in [3.8, 4) is 0 Å². The molecule has 0 fully saturated rings. The molecule has 2 rings (SSSR count). The summed E-state index contributed by atoms with van der Waals surface area (Å²) < 4.78 is 18.6. The van der Waals surface area contributed by atoms with Gasteiger partial charge in [0.05, 0.1) is 17.2 Å². The first-order valence-corrected chi connectivity index (χ1v) is 6.34. The van der Waals surface area contributed by atoms with Crippen molar-refractivity contribution in [3.63, 3.8) is 0 Å². The van der Waals surface area contributed by atoms with Gasteiger partial charge < -0.3 is 10.1 Å². The molecule has 2 aromatic carbocycles. The van der Waals surface area contributed by atoms with Crippen LogP contribution in [0.4, 0.5) is 15.8 Å². The van der Waals surface area contributed by atoms with Crippen LogP contribution in [0.25, 0.3) is 0 Å². The van der Waals surface area contributed by atoms with E-state index in [0.717, 1.165) is 23.8 Å². The minimum atomic E-state index is -0.741. The summed E-state index contributed by atoms with van der Waals surface area (Å²) >= 11 is 0. The number of methoxy groups -OCH3 is 1. The summed E-state index contributed by atoms with van der Waals surface area (Å²) in [7, 11) is 1.56. The third-order valence-electron chi connectivity index (χ3n) is 2.94. The molecule has 0 atom stereocenters.